The summed E-state index contributed by atoms with van der Waals surface area (Å²) in [6.45, 7) is 4.11. The monoisotopic (exact) mass is 313 g/mol. The summed E-state index contributed by atoms with van der Waals surface area (Å²) in [5.74, 6) is -0.353. The highest BCUT2D eigenvalue weighted by atomic mass is 16.2. The molecule has 0 aliphatic carbocycles. The number of aromatic amines is 1. The number of likely N-dealkylation sites (N-methyl/N-ethyl adjacent to an activating group) is 1. The molecule has 0 bridgehead atoms. The Balaban J connectivity index is 1.64. The molecule has 7 heteroatoms. The Kier molecular flexibility index (Phi) is 4.38. The van der Waals surface area contributed by atoms with Crippen LogP contribution in [0, 0.1) is 0 Å². The predicted molar refractivity (Wildman–Crippen MR) is 89.0 cm³/mol. The number of amides is 1. The molecule has 0 spiro atoms. The van der Waals surface area contributed by atoms with Gasteiger partial charge in [0.2, 0.25) is 0 Å². The fraction of sp³-hybridized carbons (Fsp3) is 0.312. The smallest absolute Gasteiger partial charge is 0.276 e. The van der Waals surface area contributed by atoms with Gasteiger partial charge in [-0.15, -0.1) is 0 Å². The van der Waals surface area contributed by atoms with E-state index in [-0.39, 0.29) is 17.2 Å². The molecule has 3 rings (SSSR count). The third kappa shape index (κ3) is 3.75. The van der Waals surface area contributed by atoms with Gasteiger partial charge in [-0.05, 0) is 37.4 Å². The van der Waals surface area contributed by atoms with Crippen molar-refractivity contribution in [2.75, 3.05) is 43.4 Å². The van der Waals surface area contributed by atoms with Crippen LogP contribution in [-0.2, 0) is 0 Å². The minimum Gasteiger partial charge on any atom is -0.369 e. The number of H-pyrrole nitrogens is 1. The Morgan fingerprint density at radius 3 is 2.39 bits per heavy atom. The Morgan fingerprint density at radius 2 is 1.78 bits per heavy atom. The van der Waals surface area contributed by atoms with Crippen molar-refractivity contribution in [3.05, 3.63) is 52.4 Å². The van der Waals surface area contributed by atoms with Crippen LogP contribution in [0.15, 0.2) is 41.2 Å². The molecule has 2 N–H and O–H groups in total. The molecule has 23 heavy (non-hydrogen) atoms. The number of piperazine rings is 1. The third-order valence-corrected chi connectivity index (χ3v) is 3.91. The van der Waals surface area contributed by atoms with Crippen molar-refractivity contribution in [2.24, 2.45) is 0 Å². The SMILES string of the molecule is CN1CCN(c2ccc(NC(=O)c3ccc(=O)[nH]n3)cc2)CC1. The highest BCUT2D eigenvalue weighted by Crippen LogP contribution is 2.19. The highest BCUT2D eigenvalue weighted by molar-refractivity contribution is 6.02. The maximum atomic E-state index is 12.0. The molecular formula is C16H19N5O2. The molecule has 1 aliphatic heterocycles. The molecule has 1 aromatic carbocycles. The Morgan fingerprint density at radius 1 is 1.09 bits per heavy atom. The lowest BCUT2D eigenvalue weighted by Crippen LogP contribution is -2.44. The summed E-state index contributed by atoms with van der Waals surface area (Å²) < 4.78 is 0. The van der Waals surface area contributed by atoms with Crippen LogP contribution in [0.3, 0.4) is 0 Å². The van der Waals surface area contributed by atoms with Gasteiger partial charge in [0.25, 0.3) is 11.5 Å². The van der Waals surface area contributed by atoms with E-state index in [2.05, 4.69) is 32.4 Å². The molecule has 0 saturated carbocycles. The summed E-state index contributed by atoms with van der Waals surface area (Å²) in [4.78, 5) is 27.6. The second-order valence-corrected chi connectivity index (χ2v) is 5.60. The third-order valence-electron chi connectivity index (χ3n) is 3.91. The molecule has 0 radical (unpaired) electrons. The van der Waals surface area contributed by atoms with E-state index >= 15 is 0 Å². The number of benzene rings is 1. The van der Waals surface area contributed by atoms with Gasteiger partial charge >= 0.3 is 0 Å². The van der Waals surface area contributed by atoms with Crippen LogP contribution in [0.5, 0.6) is 0 Å². The lowest BCUT2D eigenvalue weighted by Gasteiger charge is -2.34. The van der Waals surface area contributed by atoms with E-state index in [0.29, 0.717) is 5.69 Å². The lowest BCUT2D eigenvalue weighted by molar-refractivity contribution is 0.102. The summed E-state index contributed by atoms with van der Waals surface area (Å²) in [5, 5.41) is 8.72. The second-order valence-electron chi connectivity index (χ2n) is 5.60. The summed E-state index contributed by atoms with van der Waals surface area (Å²) in [6.07, 6.45) is 0. The molecule has 7 nitrogen and oxygen atoms in total. The number of hydrogen-bond donors (Lipinski definition) is 2. The number of nitrogens with zero attached hydrogens (tertiary/aromatic N) is 3. The van der Waals surface area contributed by atoms with Crippen molar-refractivity contribution in [1.82, 2.24) is 15.1 Å². The second kappa shape index (κ2) is 6.62. The summed E-state index contributed by atoms with van der Waals surface area (Å²) >= 11 is 0. The average molecular weight is 313 g/mol. The van der Waals surface area contributed by atoms with Gasteiger partial charge in [0, 0.05) is 43.6 Å². The molecular weight excluding hydrogens is 294 g/mol. The Hall–Kier alpha value is -2.67. The van der Waals surface area contributed by atoms with Crippen LogP contribution in [0.2, 0.25) is 0 Å². The number of aromatic nitrogens is 2. The van der Waals surface area contributed by atoms with E-state index in [1.165, 1.54) is 12.1 Å². The van der Waals surface area contributed by atoms with E-state index in [0.717, 1.165) is 31.9 Å². The zero-order valence-corrected chi connectivity index (χ0v) is 13.0. The number of carbonyl (C=O) groups excluding carboxylic acids is 1. The van der Waals surface area contributed by atoms with E-state index < -0.39 is 0 Å². The Bertz CT molecular complexity index is 712. The predicted octanol–water partition coefficient (Wildman–Crippen LogP) is 0.774. The minimum atomic E-state index is -0.353. The van der Waals surface area contributed by atoms with Gasteiger partial charge in [-0.25, -0.2) is 5.10 Å². The minimum absolute atomic E-state index is 0.174. The Labute approximate surface area is 133 Å². The fourth-order valence-corrected chi connectivity index (χ4v) is 2.49. The molecule has 2 aromatic rings. The van der Waals surface area contributed by atoms with Gasteiger partial charge in [-0.1, -0.05) is 0 Å². The molecule has 120 valence electrons. The van der Waals surface area contributed by atoms with Crippen LogP contribution in [0.25, 0.3) is 0 Å². The van der Waals surface area contributed by atoms with Crippen molar-refractivity contribution in [3.8, 4) is 0 Å². The number of nitrogens with one attached hydrogen (secondary N) is 2. The van der Waals surface area contributed by atoms with Gasteiger partial charge in [0.15, 0.2) is 0 Å². The quantitative estimate of drug-likeness (QED) is 0.875. The molecule has 1 aromatic heterocycles. The van der Waals surface area contributed by atoms with E-state index in [1.54, 1.807) is 0 Å². The van der Waals surface area contributed by atoms with Crippen LogP contribution < -0.4 is 15.8 Å². The first kappa shape index (κ1) is 15.2. The number of carbonyl (C=O) groups is 1. The van der Waals surface area contributed by atoms with Gasteiger partial charge < -0.3 is 15.1 Å². The van der Waals surface area contributed by atoms with Crippen LogP contribution in [0.4, 0.5) is 11.4 Å². The molecule has 0 atom stereocenters. The molecule has 1 aliphatic rings. The van der Waals surface area contributed by atoms with Gasteiger partial charge in [0.05, 0.1) is 0 Å². The van der Waals surface area contributed by atoms with Gasteiger partial charge in [-0.3, -0.25) is 9.59 Å². The maximum absolute atomic E-state index is 12.0. The number of anilines is 2. The molecule has 2 heterocycles. The zero-order chi connectivity index (χ0) is 16.2. The normalized spacial score (nSPS) is 15.4. The van der Waals surface area contributed by atoms with Crippen molar-refractivity contribution in [1.29, 1.82) is 0 Å². The summed E-state index contributed by atoms with van der Waals surface area (Å²) in [7, 11) is 2.13. The van der Waals surface area contributed by atoms with Crippen molar-refractivity contribution >= 4 is 17.3 Å². The first-order valence-electron chi connectivity index (χ1n) is 7.52. The number of rotatable bonds is 3. The first-order chi connectivity index (χ1) is 11.1. The summed E-state index contributed by atoms with van der Waals surface area (Å²) in [5.41, 5.74) is 1.69. The molecule has 1 fully saturated rings. The molecule has 1 saturated heterocycles. The summed E-state index contributed by atoms with van der Waals surface area (Å²) in [6, 6.07) is 10.4. The maximum Gasteiger partial charge on any atom is 0.276 e. The zero-order valence-electron chi connectivity index (χ0n) is 13.0. The average Bonchev–Trinajstić information content (AvgIpc) is 2.57. The highest BCUT2D eigenvalue weighted by Gasteiger charge is 2.14. The number of hydrogen-bond acceptors (Lipinski definition) is 5. The fourth-order valence-electron chi connectivity index (χ4n) is 2.49. The topological polar surface area (TPSA) is 81.3 Å². The van der Waals surface area contributed by atoms with Gasteiger partial charge in [-0.2, -0.15) is 5.10 Å². The first-order valence-corrected chi connectivity index (χ1v) is 7.52. The van der Waals surface area contributed by atoms with E-state index in [9.17, 15) is 9.59 Å². The largest absolute Gasteiger partial charge is 0.369 e. The van der Waals surface area contributed by atoms with Gasteiger partial charge in [0.1, 0.15) is 5.69 Å². The van der Waals surface area contributed by atoms with E-state index in [1.807, 2.05) is 24.3 Å². The van der Waals surface area contributed by atoms with Crippen LogP contribution in [0.1, 0.15) is 10.5 Å². The lowest BCUT2D eigenvalue weighted by atomic mass is 10.2. The van der Waals surface area contributed by atoms with Crippen LogP contribution >= 0.6 is 0 Å². The molecule has 0 unspecified atom stereocenters. The van der Waals surface area contributed by atoms with Crippen molar-refractivity contribution in [2.45, 2.75) is 0 Å². The van der Waals surface area contributed by atoms with E-state index in [4.69, 9.17) is 0 Å². The standard InChI is InChI=1S/C16H19N5O2/c1-20-8-10-21(11-9-20)13-4-2-12(3-5-13)17-16(23)14-6-7-15(22)19-18-14/h2-7H,8-11H2,1H3,(H,17,23)(H,19,22). The van der Waals surface area contributed by atoms with Crippen molar-refractivity contribution in [3.63, 3.8) is 0 Å². The van der Waals surface area contributed by atoms with Crippen molar-refractivity contribution < 1.29 is 4.79 Å². The van der Waals surface area contributed by atoms with Crippen LogP contribution in [-0.4, -0.2) is 54.2 Å². The molecule has 1 amide bonds.